The smallest absolute Gasteiger partial charge is 0.310 e. The second kappa shape index (κ2) is 22.7. The number of ether oxygens (including phenoxy) is 3. The molecule has 0 N–H and O–H groups in total. The second-order valence-corrected chi connectivity index (χ2v) is 17.8. The maximum absolute atomic E-state index is 12.6. The van der Waals surface area contributed by atoms with Crippen LogP contribution in [0.15, 0.2) is 133 Å². The second-order valence-electron chi connectivity index (χ2n) is 15.2. The molecular weight excluding hydrogens is 772 g/mol. The number of fused-ring (bicyclic) bond motifs is 2. The third-order valence-corrected chi connectivity index (χ3v) is 12.4. The van der Waals surface area contributed by atoms with Gasteiger partial charge in [-0.1, -0.05) is 109 Å². The predicted octanol–water partition coefficient (Wildman–Crippen LogP) is 10.8. The maximum Gasteiger partial charge on any atom is 0.310 e. The van der Waals surface area contributed by atoms with Crippen molar-refractivity contribution in [3.05, 3.63) is 172 Å². The number of hydrogen-bond donors (Lipinski definition) is 0. The van der Waals surface area contributed by atoms with Gasteiger partial charge in [0, 0.05) is 19.0 Å². The molecular formula is C51H57O8P. The summed E-state index contributed by atoms with van der Waals surface area (Å²) in [5.74, 6) is 1.72. The monoisotopic (exact) mass is 828 g/mol. The molecule has 0 spiro atoms. The molecule has 9 heteroatoms. The summed E-state index contributed by atoms with van der Waals surface area (Å²) in [7, 11) is 0.755. The molecule has 7 rings (SSSR count). The first kappa shape index (κ1) is 45.5. The number of ketones is 2. The van der Waals surface area contributed by atoms with E-state index in [4.69, 9.17) is 18.7 Å². The van der Waals surface area contributed by atoms with E-state index in [-0.39, 0.29) is 23.8 Å². The summed E-state index contributed by atoms with van der Waals surface area (Å²) in [5, 5.41) is 0. The van der Waals surface area contributed by atoms with Gasteiger partial charge < -0.3 is 18.7 Å². The van der Waals surface area contributed by atoms with Crippen molar-refractivity contribution < 1.29 is 37.7 Å². The van der Waals surface area contributed by atoms with Crippen LogP contribution in [0.4, 0.5) is 0 Å². The Balaban J connectivity index is 0.000000195. The summed E-state index contributed by atoms with van der Waals surface area (Å²) in [6, 6.07) is 42.8. The van der Waals surface area contributed by atoms with Crippen LogP contribution >= 0.6 is 7.37 Å². The lowest BCUT2D eigenvalue weighted by molar-refractivity contribution is -0.144. The Morgan fingerprint density at radius 3 is 1.87 bits per heavy atom. The lowest BCUT2D eigenvalue weighted by Gasteiger charge is -2.25. The van der Waals surface area contributed by atoms with Gasteiger partial charge in [0.15, 0.2) is 0 Å². The lowest BCUT2D eigenvalue weighted by atomic mass is 9.78. The van der Waals surface area contributed by atoms with Gasteiger partial charge in [-0.05, 0) is 115 Å². The van der Waals surface area contributed by atoms with Crippen LogP contribution in [-0.4, -0.2) is 51.2 Å². The van der Waals surface area contributed by atoms with Gasteiger partial charge in [0.05, 0.1) is 33.4 Å². The zero-order valence-corrected chi connectivity index (χ0v) is 36.4. The SMILES string of the molecule is CCOP(C)(=O)CC(C)=O.COc1ccc2c(c1)C(Cc1ccccc1)=C(CC(=O)OCc1ccccc1)CC2.COc1ccc2c(c1)C(Cc1ccccc1)C(=O)CC2. The van der Waals surface area contributed by atoms with E-state index in [2.05, 4.69) is 54.6 Å². The Morgan fingerprint density at radius 1 is 0.700 bits per heavy atom. The first-order chi connectivity index (χ1) is 29.0. The van der Waals surface area contributed by atoms with Crippen molar-refractivity contribution in [2.24, 2.45) is 0 Å². The number of benzene rings is 5. The minimum atomic E-state index is -2.60. The Labute approximate surface area is 355 Å². The van der Waals surface area contributed by atoms with Gasteiger partial charge in [-0.25, -0.2) is 0 Å². The molecule has 0 bridgehead atoms. The Kier molecular flexibility index (Phi) is 17.2. The molecule has 0 aliphatic heterocycles. The van der Waals surface area contributed by atoms with Gasteiger partial charge in [-0.2, -0.15) is 0 Å². The van der Waals surface area contributed by atoms with Crippen LogP contribution < -0.4 is 9.47 Å². The van der Waals surface area contributed by atoms with E-state index in [1.165, 1.54) is 47.0 Å². The van der Waals surface area contributed by atoms with Gasteiger partial charge in [0.25, 0.3) is 0 Å². The van der Waals surface area contributed by atoms with Gasteiger partial charge >= 0.3 is 5.97 Å². The van der Waals surface area contributed by atoms with Crippen molar-refractivity contribution in [1.29, 1.82) is 0 Å². The number of Topliss-reactive ketones (excluding diaryl/α,β-unsaturated/α-hetero) is 2. The minimum Gasteiger partial charge on any atom is -0.497 e. The van der Waals surface area contributed by atoms with Crippen molar-refractivity contribution in [3.63, 3.8) is 0 Å². The molecule has 5 aromatic carbocycles. The lowest BCUT2D eigenvalue weighted by Crippen LogP contribution is -2.22. The van der Waals surface area contributed by atoms with Gasteiger partial charge in [0.2, 0.25) is 7.37 Å². The van der Waals surface area contributed by atoms with Crippen molar-refractivity contribution in [3.8, 4) is 11.5 Å². The number of rotatable bonds is 14. The molecule has 0 radical (unpaired) electrons. The molecule has 0 fully saturated rings. The van der Waals surface area contributed by atoms with Crippen LogP contribution in [0.25, 0.3) is 5.57 Å². The predicted molar refractivity (Wildman–Crippen MR) is 239 cm³/mol. The molecule has 0 saturated carbocycles. The van der Waals surface area contributed by atoms with Crippen molar-refractivity contribution in [2.75, 3.05) is 33.7 Å². The topological polar surface area (TPSA) is 105 Å². The zero-order valence-electron chi connectivity index (χ0n) is 35.5. The average Bonchev–Trinajstić information content (AvgIpc) is 3.25. The van der Waals surface area contributed by atoms with Crippen LogP contribution in [0.2, 0.25) is 0 Å². The molecule has 8 nitrogen and oxygen atoms in total. The summed E-state index contributed by atoms with van der Waals surface area (Å²) >= 11 is 0. The molecule has 0 aromatic heterocycles. The summed E-state index contributed by atoms with van der Waals surface area (Å²) in [6.07, 6.45) is 5.26. The van der Waals surface area contributed by atoms with Gasteiger partial charge in [-0.3, -0.25) is 18.9 Å². The van der Waals surface area contributed by atoms with Gasteiger partial charge in [-0.15, -0.1) is 0 Å². The minimum absolute atomic E-state index is 0.0313. The van der Waals surface area contributed by atoms with Crippen LogP contribution in [0.5, 0.6) is 11.5 Å². The molecule has 0 amide bonds. The zero-order chi connectivity index (χ0) is 42.9. The molecule has 0 saturated heterocycles. The Bertz CT molecular complexity index is 2270. The Morgan fingerprint density at radius 2 is 1.27 bits per heavy atom. The summed E-state index contributed by atoms with van der Waals surface area (Å²) in [4.78, 5) is 35.4. The van der Waals surface area contributed by atoms with Crippen molar-refractivity contribution in [2.45, 2.75) is 71.3 Å². The standard InChI is InChI=1S/C27H26O3.C18H18O2.C6H13O3P/c1-29-24-15-14-22-12-13-23(17-27(28)30-19-21-10-6-3-7-11-21)25(26(22)18-24)16-20-8-4-2-5-9-20;1-20-15-9-7-14-8-10-18(19)17(16(14)12-15)11-13-5-3-2-4-6-13;1-4-9-10(3,8)5-6(2)7/h2-11,14-15,18H,12-13,16-17,19H2,1H3;2-7,9,12,17H,8,10-11H2,1H3;4-5H2,1-3H3. The first-order valence-corrected chi connectivity index (χ1v) is 22.8. The van der Waals surface area contributed by atoms with E-state index in [0.29, 0.717) is 31.8 Å². The molecule has 2 aliphatic rings. The number of carbonyl (C=O) groups is 3. The highest BCUT2D eigenvalue weighted by molar-refractivity contribution is 7.59. The highest BCUT2D eigenvalue weighted by atomic mass is 31.2. The molecule has 2 atom stereocenters. The van der Waals surface area contributed by atoms with E-state index in [0.717, 1.165) is 60.3 Å². The van der Waals surface area contributed by atoms with E-state index < -0.39 is 7.37 Å². The molecule has 2 unspecified atom stereocenters. The average molecular weight is 829 g/mol. The van der Waals surface area contributed by atoms with E-state index in [1.54, 1.807) is 21.1 Å². The van der Waals surface area contributed by atoms with E-state index in [9.17, 15) is 18.9 Å². The normalized spacial score (nSPS) is 15.1. The van der Waals surface area contributed by atoms with E-state index >= 15 is 0 Å². The van der Waals surface area contributed by atoms with Crippen molar-refractivity contribution in [1.82, 2.24) is 0 Å². The molecule has 314 valence electrons. The van der Waals surface area contributed by atoms with Crippen LogP contribution in [-0.2, 0) is 60.5 Å². The van der Waals surface area contributed by atoms with Crippen molar-refractivity contribution >= 4 is 30.5 Å². The maximum atomic E-state index is 12.6. The molecule has 60 heavy (non-hydrogen) atoms. The highest BCUT2D eigenvalue weighted by Crippen LogP contribution is 2.42. The number of aryl methyl sites for hydroxylation is 2. The fraction of sp³-hybridized carbons (Fsp3) is 0.314. The fourth-order valence-corrected chi connectivity index (χ4v) is 9.09. The number of esters is 1. The number of allylic oxidation sites excluding steroid dienone is 1. The Hall–Kier alpha value is -5.56. The van der Waals surface area contributed by atoms with Gasteiger partial charge in [0.1, 0.15) is 29.7 Å². The van der Waals surface area contributed by atoms with Crippen LogP contribution in [0.1, 0.15) is 78.0 Å². The summed E-state index contributed by atoms with van der Waals surface area (Å²) in [6.45, 7) is 5.37. The van der Waals surface area contributed by atoms with Crippen LogP contribution in [0, 0.1) is 0 Å². The van der Waals surface area contributed by atoms with E-state index in [1.807, 2.05) is 72.8 Å². The molecule has 5 aromatic rings. The quantitative estimate of drug-likeness (QED) is 0.0805. The third-order valence-electron chi connectivity index (χ3n) is 10.5. The number of carbonyl (C=O) groups excluding carboxylic acids is 3. The molecule has 0 heterocycles. The number of hydrogen-bond acceptors (Lipinski definition) is 8. The highest BCUT2D eigenvalue weighted by Gasteiger charge is 2.28. The largest absolute Gasteiger partial charge is 0.497 e. The third kappa shape index (κ3) is 13.8. The molecule has 2 aliphatic carbocycles. The number of methoxy groups -OCH3 is 2. The summed E-state index contributed by atoms with van der Waals surface area (Å²) in [5.41, 5.74) is 10.8. The first-order valence-electron chi connectivity index (χ1n) is 20.5. The fourth-order valence-electron chi connectivity index (χ4n) is 7.64. The van der Waals surface area contributed by atoms with Crippen LogP contribution in [0.3, 0.4) is 0 Å². The summed E-state index contributed by atoms with van der Waals surface area (Å²) < 4.78 is 32.4.